The third-order valence-corrected chi connectivity index (χ3v) is 6.76. The van der Waals surface area contributed by atoms with E-state index in [4.69, 9.17) is 4.98 Å². The Morgan fingerprint density at radius 3 is 2.83 bits per heavy atom. The van der Waals surface area contributed by atoms with Crippen LogP contribution in [0.15, 0.2) is 54.3 Å². The van der Waals surface area contributed by atoms with Crippen LogP contribution in [0.2, 0.25) is 0 Å². The van der Waals surface area contributed by atoms with Crippen molar-refractivity contribution in [2.24, 2.45) is 0 Å². The van der Waals surface area contributed by atoms with Crippen molar-refractivity contribution in [3.05, 3.63) is 88.1 Å². The quantitative estimate of drug-likeness (QED) is 0.477. The van der Waals surface area contributed by atoms with E-state index in [9.17, 15) is 0 Å². The van der Waals surface area contributed by atoms with Gasteiger partial charge in [-0.25, -0.2) is 9.97 Å². The molecule has 1 aliphatic heterocycles. The van der Waals surface area contributed by atoms with Crippen LogP contribution in [-0.4, -0.2) is 31.0 Å². The van der Waals surface area contributed by atoms with Crippen LogP contribution >= 0.6 is 11.3 Å². The minimum absolute atomic E-state index is 0.858. The molecule has 0 aromatic carbocycles. The molecular formula is C24H25N5S. The Morgan fingerprint density at radius 2 is 2.03 bits per heavy atom. The number of fused-ring (bicyclic) bond motifs is 1. The fourth-order valence-electron chi connectivity index (χ4n) is 4.22. The fraction of sp³-hybridized carbons (Fsp3) is 0.292. The Bertz CT molecular complexity index is 1150. The number of hydrogen-bond acceptors (Lipinski definition) is 5. The molecule has 5 nitrogen and oxygen atoms in total. The van der Waals surface area contributed by atoms with Crippen LogP contribution in [0, 0.1) is 13.8 Å². The minimum Gasteiger partial charge on any atom is -0.344 e. The van der Waals surface area contributed by atoms with E-state index in [2.05, 4.69) is 62.9 Å². The molecule has 152 valence electrons. The summed E-state index contributed by atoms with van der Waals surface area (Å²) in [4.78, 5) is 17.4. The molecule has 0 bridgehead atoms. The molecule has 4 aromatic heterocycles. The van der Waals surface area contributed by atoms with Crippen LogP contribution in [0.4, 0.5) is 0 Å². The van der Waals surface area contributed by atoms with Gasteiger partial charge in [0, 0.05) is 68.1 Å². The molecule has 0 amide bonds. The smallest absolute Gasteiger partial charge is 0.169 e. The van der Waals surface area contributed by atoms with Crippen molar-refractivity contribution in [1.29, 1.82) is 0 Å². The summed E-state index contributed by atoms with van der Waals surface area (Å²) in [6.45, 7) is 8.18. The van der Waals surface area contributed by atoms with E-state index in [0.29, 0.717) is 0 Å². The summed E-state index contributed by atoms with van der Waals surface area (Å²) in [7, 11) is 0. The molecule has 0 N–H and O–H groups in total. The van der Waals surface area contributed by atoms with E-state index in [1.54, 1.807) is 11.3 Å². The molecule has 6 heteroatoms. The van der Waals surface area contributed by atoms with Crippen LogP contribution in [0.5, 0.6) is 0 Å². The molecule has 5 rings (SSSR count). The first-order valence-electron chi connectivity index (χ1n) is 10.3. The van der Waals surface area contributed by atoms with Crippen molar-refractivity contribution in [3.8, 4) is 10.7 Å². The molecule has 5 heterocycles. The van der Waals surface area contributed by atoms with Crippen LogP contribution in [0.1, 0.15) is 33.8 Å². The summed E-state index contributed by atoms with van der Waals surface area (Å²) in [5, 5.41) is 2.07. The zero-order valence-electron chi connectivity index (χ0n) is 17.4. The molecule has 4 aromatic rings. The van der Waals surface area contributed by atoms with Crippen molar-refractivity contribution in [2.45, 2.75) is 39.9 Å². The Morgan fingerprint density at radius 1 is 1.10 bits per heavy atom. The van der Waals surface area contributed by atoms with Gasteiger partial charge in [-0.3, -0.25) is 9.88 Å². The predicted molar refractivity (Wildman–Crippen MR) is 120 cm³/mol. The van der Waals surface area contributed by atoms with Gasteiger partial charge in [0.25, 0.3) is 0 Å². The Labute approximate surface area is 181 Å². The van der Waals surface area contributed by atoms with Crippen molar-refractivity contribution in [3.63, 3.8) is 0 Å². The number of aromatic nitrogens is 4. The third-order valence-electron chi connectivity index (χ3n) is 5.89. The monoisotopic (exact) mass is 415 g/mol. The molecule has 0 aliphatic carbocycles. The first-order valence-corrected chi connectivity index (χ1v) is 11.2. The van der Waals surface area contributed by atoms with Gasteiger partial charge in [0.15, 0.2) is 5.82 Å². The SMILES string of the molecule is Cc1cc(CN2CCc3nc(-c4cccs4)ncc3C2)c(C)n1Cc1cccnc1. The second kappa shape index (κ2) is 8.13. The van der Waals surface area contributed by atoms with E-state index in [-0.39, 0.29) is 0 Å². The summed E-state index contributed by atoms with van der Waals surface area (Å²) in [5.74, 6) is 0.858. The number of aryl methyl sites for hydroxylation is 1. The first-order chi connectivity index (χ1) is 14.7. The normalized spacial score (nSPS) is 14.1. The van der Waals surface area contributed by atoms with Gasteiger partial charge in [-0.15, -0.1) is 11.3 Å². The summed E-state index contributed by atoms with van der Waals surface area (Å²) >= 11 is 1.69. The van der Waals surface area contributed by atoms with Crippen molar-refractivity contribution in [2.75, 3.05) is 6.54 Å². The van der Waals surface area contributed by atoms with Gasteiger partial charge < -0.3 is 4.57 Å². The largest absolute Gasteiger partial charge is 0.344 e. The molecule has 0 radical (unpaired) electrons. The molecule has 1 aliphatic rings. The summed E-state index contributed by atoms with van der Waals surface area (Å²) < 4.78 is 2.39. The maximum Gasteiger partial charge on any atom is 0.169 e. The highest BCUT2D eigenvalue weighted by atomic mass is 32.1. The number of pyridine rings is 1. The summed E-state index contributed by atoms with van der Waals surface area (Å²) in [5.41, 5.74) is 7.73. The van der Waals surface area contributed by atoms with Gasteiger partial charge in [-0.2, -0.15) is 0 Å². The van der Waals surface area contributed by atoms with Crippen molar-refractivity contribution >= 4 is 11.3 Å². The summed E-state index contributed by atoms with van der Waals surface area (Å²) in [6, 6.07) is 10.6. The standard InChI is InChI=1S/C24H25N5S/c1-17-11-20(18(2)29(17)14-19-5-3-8-25-12-19)15-28-9-7-22-21(16-28)13-26-24(27-22)23-6-4-10-30-23/h3-6,8,10-13H,7,9,14-16H2,1-2H3. The average molecular weight is 416 g/mol. The van der Waals surface area contributed by atoms with Crippen LogP contribution in [0.25, 0.3) is 10.7 Å². The molecule has 0 saturated carbocycles. The van der Waals surface area contributed by atoms with E-state index in [1.165, 1.54) is 33.8 Å². The number of hydrogen-bond donors (Lipinski definition) is 0. The van der Waals surface area contributed by atoms with Gasteiger partial charge in [0.1, 0.15) is 0 Å². The number of rotatable bonds is 5. The van der Waals surface area contributed by atoms with Crippen molar-refractivity contribution in [1.82, 2.24) is 24.4 Å². The predicted octanol–water partition coefficient (Wildman–Crippen LogP) is 4.63. The lowest BCUT2D eigenvalue weighted by atomic mass is 10.1. The molecule has 0 fully saturated rings. The highest BCUT2D eigenvalue weighted by molar-refractivity contribution is 7.13. The zero-order valence-corrected chi connectivity index (χ0v) is 18.2. The van der Waals surface area contributed by atoms with Crippen molar-refractivity contribution < 1.29 is 0 Å². The van der Waals surface area contributed by atoms with Crippen LogP contribution in [0.3, 0.4) is 0 Å². The molecular weight excluding hydrogens is 390 g/mol. The van der Waals surface area contributed by atoms with Gasteiger partial charge >= 0.3 is 0 Å². The second-order valence-corrected chi connectivity index (χ2v) is 8.89. The van der Waals surface area contributed by atoms with Gasteiger partial charge in [-0.1, -0.05) is 12.1 Å². The Hall–Kier alpha value is -2.83. The van der Waals surface area contributed by atoms with E-state index in [0.717, 1.165) is 43.3 Å². The topological polar surface area (TPSA) is 46.8 Å². The second-order valence-electron chi connectivity index (χ2n) is 7.95. The Kier molecular flexibility index (Phi) is 5.19. The zero-order chi connectivity index (χ0) is 20.5. The first kappa shape index (κ1) is 19.2. The van der Waals surface area contributed by atoms with Crippen LogP contribution in [-0.2, 0) is 26.1 Å². The number of nitrogens with zero attached hydrogens (tertiary/aromatic N) is 5. The van der Waals surface area contributed by atoms with E-state index in [1.807, 2.05) is 24.7 Å². The lowest BCUT2D eigenvalue weighted by molar-refractivity contribution is 0.242. The molecule has 30 heavy (non-hydrogen) atoms. The summed E-state index contributed by atoms with van der Waals surface area (Å²) in [6.07, 6.45) is 6.77. The highest BCUT2D eigenvalue weighted by Gasteiger charge is 2.21. The maximum atomic E-state index is 4.84. The van der Waals surface area contributed by atoms with Gasteiger partial charge in [-0.05, 0) is 48.6 Å². The lowest BCUT2D eigenvalue weighted by Crippen LogP contribution is -2.31. The fourth-order valence-corrected chi connectivity index (χ4v) is 4.89. The van der Waals surface area contributed by atoms with Crippen LogP contribution < -0.4 is 0 Å². The molecule has 0 saturated heterocycles. The maximum absolute atomic E-state index is 4.84. The molecule has 0 atom stereocenters. The highest BCUT2D eigenvalue weighted by Crippen LogP contribution is 2.26. The van der Waals surface area contributed by atoms with Gasteiger partial charge in [0.05, 0.1) is 10.6 Å². The average Bonchev–Trinajstić information content (AvgIpc) is 3.39. The van der Waals surface area contributed by atoms with E-state index >= 15 is 0 Å². The molecule has 0 unspecified atom stereocenters. The van der Waals surface area contributed by atoms with Gasteiger partial charge in [0.2, 0.25) is 0 Å². The minimum atomic E-state index is 0.858. The van der Waals surface area contributed by atoms with E-state index < -0.39 is 0 Å². The Balaban J connectivity index is 1.31. The number of thiophene rings is 1. The molecule has 0 spiro atoms. The third kappa shape index (κ3) is 3.80. The lowest BCUT2D eigenvalue weighted by Gasteiger charge is -2.28.